The fourth-order valence-electron chi connectivity index (χ4n) is 10.2. The molecule has 4 bridgehead atoms. The highest BCUT2D eigenvalue weighted by atomic mass is 32.2. The van der Waals surface area contributed by atoms with Crippen LogP contribution < -0.4 is 0 Å². The van der Waals surface area contributed by atoms with Crippen molar-refractivity contribution in [2.75, 3.05) is 52.4 Å². The second kappa shape index (κ2) is 26.6. The number of sulfonamides is 4. The molecule has 0 unspecified atom stereocenters. The van der Waals surface area contributed by atoms with E-state index >= 15 is 0 Å². The molecule has 0 aliphatic carbocycles. The first-order valence-electron chi connectivity index (χ1n) is 27.6. The Balaban J connectivity index is 0.959. The van der Waals surface area contributed by atoms with E-state index in [0.717, 1.165) is 33.4 Å². The summed E-state index contributed by atoms with van der Waals surface area (Å²) in [5.41, 5.74) is 7.35. The molecular weight excluding hydrogens is 1120 g/mol. The second-order valence-electron chi connectivity index (χ2n) is 21.4. The van der Waals surface area contributed by atoms with Gasteiger partial charge in [-0.2, -0.15) is 17.2 Å². The fraction of sp³-hybridized carbons (Fsp3) is 0.367. The SMILES string of the molecule is Cc1ccc(S(=O)(=O)N2CCCN(Cc3ccc(CN4CCCN(S(=O)(=O)c5ccc(C)cc5)Cc5cncc(n5)CN(S(=O)(=O)c5ccc(C)cc5)CCC4)cc3)CCCN(S(=O)(=O)c3ccc(C)cc3)Cc3cncc(n3)C2)cc1. The van der Waals surface area contributed by atoms with Crippen LogP contribution in [0.3, 0.4) is 0 Å². The lowest BCUT2D eigenvalue weighted by molar-refractivity contribution is 0.235. The van der Waals surface area contributed by atoms with Gasteiger partial charge in [0.15, 0.2) is 0 Å². The third-order valence-electron chi connectivity index (χ3n) is 14.8. The maximum absolute atomic E-state index is 14.3. The van der Waals surface area contributed by atoms with Gasteiger partial charge in [0.1, 0.15) is 0 Å². The molecule has 2 aromatic heterocycles. The first kappa shape index (κ1) is 60.4. The quantitative estimate of drug-likeness (QED) is 0.114. The van der Waals surface area contributed by atoms with Crippen molar-refractivity contribution in [1.82, 2.24) is 47.0 Å². The molecule has 9 rings (SSSR count). The van der Waals surface area contributed by atoms with Crippen LogP contribution in [0, 0.1) is 27.7 Å². The Hall–Kier alpha value is -6.18. The first-order valence-corrected chi connectivity index (χ1v) is 33.4. The predicted molar refractivity (Wildman–Crippen MR) is 315 cm³/mol. The summed E-state index contributed by atoms with van der Waals surface area (Å²) in [6.07, 6.45) is 8.01. The molecule has 82 heavy (non-hydrogen) atoms. The number of aromatic nitrogens is 4. The lowest BCUT2D eigenvalue weighted by Gasteiger charge is -2.29. The molecule has 18 nitrogen and oxygen atoms in total. The van der Waals surface area contributed by atoms with Crippen LogP contribution in [0.25, 0.3) is 0 Å². The number of fused-ring (bicyclic) bond motifs is 4. The summed E-state index contributed by atoms with van der Waals surface area (Å²) >= 11 is 0. The Morgan fingerprint density at radius 1 is 0.317 bits per heavy atom. The van der Waals surface area contributed by atoms with Gasteiger partial charge in [0, 0.05) is 64.1 Å². The Bertz CT molecular complexity index is 3290. The highest BCUT2D eigenvalue weighted by Gasteiger charge is 2.31. The molecule has 0 N–H and O–H groups in total. The third-order valence-corrected chi connectivity index (χ3v) is 22.3. The van der Waals surface area contributed by atoms with Crippen molar-refractivity contribution in [2.24, 2.45) is 0 Å². The van der Waals surface area contributed by atoms with Crippen LogP contribution >= 0.6 is 0 Å². The summed E-state index contributed by atoms with van der Waals surface area (Å²) < 4.78 is 121. The Morgan fingerprint density at radius 2 is 0.537 bits per heavy atom. The van der Waals surface area contributed by atoms with E-state index in [-0.39, 0.29) is 71.9 Å². The lowest BCUT2D eigenvalue weighted by atomic mass is 10.1. The average molecular weight is 1190 g/mol. The molecule has 0 amide bonds. The van der Waals surface area contributed by atoms with E-state index < -0.39 is 40.1 Å². The number of benzene rings is 5. The number of hydrogen-bond donors (Lipinski definition) is 0. The molecule has 2 aliphatic heterocycles. The van der Waals surface area contributed by atoms with Crippen LogP contribution in [0.4, 0.5) is 0 Å². The van der Waals surface area contributed by atoms with Gasteiger partial charge in [0.05, 0.1) is 68.5 Å². The highest BCUT2D eigenvalue weighted by molar-refractivity contribution is 7.90. The Morgan fingerprint density at radius 3 is 0.756 bits per heavy atom. The summed E-state index contributed by atoms with van der Waals surface area (Å²) in [7, 11) is -15.9. The Kier molecular flexibility index (Phi) is 19.6. The van der Waals surface area contributed by atoms with E-state index in [9.17, 15) is 33.7 Å². The second-order valence-corrected chi connectivity index (χ2v) is 29.1. The van der Waals surface area contributed by atoms with Crippen LogP contribution in [-0.2, 0) is 79.4 Å². The zero-order valence-corrected chi connectivity index (χ0v) is 50.2. The van der Waals surface area contributed by atoms with Gasteiger partial charge in [-0.15, -0.1) is 0 Å². The van der Waals surface area contributed by atoms with Gasteiger partial charge in [-0.1, -0.05) is 95.1 Å². The molecule has 5 aromatic carbocycles. The van der Waals surface area contributed by atoms with Gasteiger partial charge in [-0.25, -0.2) is 33.7 Å². The molecule has 22 heteroatoms. The van der Waals surface area contributed by atoms with E-state index in [4.69, 9.17) is 9.97 Å². The third kappa shape index (κ3) is 15.3. The molecule has 0 fully saturated rings. The van der Waals surface area contributed by atoms with Crippen LogP contribution in [-0.4, -0.2) is 133 Å². The number of aryl methyl sites for hydroxylation is 4. The van der Waals surface area contributed by atoms with Crippen molar-refractivity contribution in [3.05, 3.63) is 202 Å². The van der Waals surface area contributed by atoms with E-state index in [2.05, 4.69) is 44.0 Å². The van der Waals surface area contributed by atoms with Crippen LogP contribution in [0.2, 0.25) is 0 Å². The molecule has 4 heterocycles. The van der Waals surface area contributed by atoms with E-state index in [0.29, 0.717) is 87.7 Å². The van der Waals surface area contributed by atoms with Gasteiger partial charge in [0.2, 0.25) is 40.1 Å². The standard InChI is InChI=1S/C60H72N10O8S4/c1-47-9-21-57(22-10-47)79(71,72)67-33-5-29-65(30-6-34-68(44-54-38-61-37-53(43-67)63-54)80(73,74)58-23-11-48(2)12-24-58)41-51-17-19-52(20-18-51)42-66-31-7-35-69(81(75,76)59-25-13-49(3)14-26-59)45-55-39-62-40-56(64-55)46-70(36-8-32-66)82(77,78)60-27-15-50(4)16-28-60/h9-28,37-40H,5-8,29-36,41-46H2,1-4H3. The smallest absolute Gasteiger partial charge is 0.243 e. The molecular formula is C60H72N10O8S4. The zero-order valence-electron chi connectivity index (χ0n) is 47.0. The van der Waals surface area contributed by atoms with Crippen molar-refractivity contribution >= 4 is 40.1 Å². The van der Waals surface area contributed by atoms with Gasteiger partial charge >= 0.3 is 0 Å². The van der Waals surface area contributed by atoms with Crippen molar-refractivity contribution in [1.29, 1.82) is 0 Å². The molecule has 0 atom stereocenters. The number of hydrogen-bond acceptors (Lipinski definition) is 14. The minimum Gasteiger partial charge on any atom is -0.299 e. The van der Waals surface area contributed by atoms with E-state index in [1.807, 2.05) is 27.7 Å². The van der Waals surface area contributed by atoms with Crippen molar-refractivity contribution in [3.63, 3.8) is 0 Å². The molecule has 0 saturated heterocycles. The van der Waals surface area contributed by atoms with Gasteiger partial charge in [-0.05, 0) is 139 Å². The minimum absolute atomic E-state index is 0.0564. The predicted octanol–water partition coefficient (Wildman–Crippen LogP) is 7.86. The zero-order chi connectivity index (χ0) is 58.1. The van der Waals surface area contributed by atoms with Crippen LogP contribution in [0.5, 0.6) is 0 Å². The fourth-order valence-corrected chi connectivity index (χ4v) is 16.0. The largest absolute Gasteiger partial charge is 0.299 e. The lowest BCUT2D eigenvalue weighted by Crippen LogP contribution is -2.37. The summed E-state index contributed by atoms with van der Waals surface area (Å²) in [6.45, 7) is 11.2. The number of nitrogens with zero attached hydrogens (tertiary/aromatic N) is 10. The highest BCUT2D eigenvalue weighted by Crippen LogP contribution is 2.26. The monoisotopic (exact) mass is 1190 g/mol. The van der Waals surface area contributed by atoms with Gasteiger partial charge in [0.25, 0.3) is 0 Å². The molecule has 2 aliphatic rings. The van der Waals surface area contributed by atoms with Crippen molar-refractivity contribution in [2.45, 2.75) is 112 Å². The van der Waals surface area contributed by atoms with Crippen LogP contribution in [0.15, 0.2) is 166 Å². The summed E-state index contributed by atoms with van der Waals surface area (Å²) in [5.74, 6) is 0. The molecule has 434 valence electrons. The summed E-state index contributed by atoms with van der Waals surface area (Å²) in [4.78, 5) is 23.4. The van der Waals surface area contributed by atoms with Crippen molar-refractivity contribution < 1.29 is 33.7 Å². The van der Waals surface area contributed by atoms with E-state index in [1.165, 1.54) is 42.0 Å². The average Bonchev–Trinajstić information content (AvgIpc) is 3.45. The van der Waals surface area contributed by atoms with E-state index in [1.54, 1.807) is 97.1 Å². The molecule has 0 radical (unpaired) electrons. The Labute approximate surface area is 484 Å². The number of rotatable bonds is 12. The maximum atomic E-state index is 14.3. The minimum atomic E-state index is -3.98. The first-order chi connectivity index (χ1) is 39.2. The molecule has 0 spiro atoms. The summed E-state index contributed by atoms with van der Waals surface area (Å²) in [5, 5.41) is 0. The van der Waals surface area contributed by atoms with Gasteiger partial charge in [-0.3, -0.25) is 29.7 Å². The summed E-state index contributed by atoms with van der Waals surface area (Å²) in [6, 6.07) is 35.3. The maximum Gasteiger partial charge on any atom is 0.243 e. The van der Waals surface area contributed by atoms with Gasteiger partial charge < -0.3 is 0 Å². The normalized spacial score (nSPS) is 17.4. The van der Waals surface area contributed by atoms with Crippen LogP contribution in [0.1, 0.15) is 81.8 Å². The van der Waals surface area contributed by atoms with Crippen molar-refractivity contribution in [3.8, 4) is 0 Å². The molecule has 0 saturated carbocycles. The topological polar surface area (TPSA) is 208 Å². The molecule has 7 aromatic rings.